The SMILES string of the molecule is CCC(CC)C(O)CNC(=O)C1CCNC1C. The molecule has 0 bridgehead atoms. The maximum Gasteiger partial charge on any atom is 0.224 e. The van der Waals surface area contributed by atoms with Gasteiger partial charge in [0, 0.05) is 12.6 Å². The average Bonchev–Trinajstić information content (AvgIpc) is 2.74. The summed E-state index contributed by atoms with van der Waals surface area (Å²) in [5.41, 5.74) is 0. The zero-order valence-corrected chi connectivity index (χ0v) is 11.2. The van der Waals surface area contributed by atoms with Crippen LogP contribution in [0.4, 0.5) is 0 Å². The predicted octanol–water partition coefficient (Wildman–Crippen LogP) is 0.898. The third kappa shape index (κ3) is 3.96. The molecule has 17 heavy (non-hydrogen) atoms. The first-order valence-electron chi connectivity index (χ1n) is 6.79. The Morgan fingerprint density at radius 2 is 2.12 bits per heavy atom. The van der Waals surface area contributed by atoms with Crippen LogP contribution in [0.3, 0.4) is 0 Å². The summed E-state index contributed by atoms with van der Waals surface area (Å²) in [6.45, 7) is 7.47. The molecule has 0 spiro atoms. The molecular weight excluding hydrogens is 216 g/mol. The number of aliphatic hydroxyl groups excluding tert-OH is 1. The number of hydrogen-bond acceptors (Lipinski definition) is 3. The maximum absolute atomic E-state index is 11.9. The van der Waals surface area contributed by atoms with Crippen LogP contribution in [-0.4, -0.2) is 36.2 Å². The average molecular weight is 242 g/mol. The zero-order valence-electron chi connectivity index (χ0n) is 11.2. The van der Waals surface area contributed by atoms with E-state index in [2.05, 4.69) is 24.5 Å². The van der Waals surface area contributed by atoms with E-state index in [9.17, 15) is 9.90 Å². The van der Waals surface area contributed by atoms with Gasteiger partial charge in [-0.1, -0.05) is 26.7 Å². The number of amides is 1. The van der Waals surface area contributed by atoms with Crippen LogP contribution in [0, 0.1) is 11.8 Å². The molecule has 1 aliphatic heterocycles. The molecule has 3 unspecified atom stereocenters. The van der Waals surface area contributed by atoms with Crippen molar-refractivity contribution in [1.82, 2.24) is 10.6 Å². The van der Waals surface area contributed by atoms with E-state index >= 15 is 0 Å². The van der Waals surface area contributed by atoms with Gasteiger partial charge in [-0.25, -0.2) is 0 Å². The van der Waals surface area contributed by atoms with Gasteiger partial charge in [-0.3, -0.25) is 4.79 Å². The highest BCUT2D eigenvalue weighted by Gasteiger charge is 2.29. The third-order valence-corrected chi connectivity index (χ3v) is 3.94. The third-order valence-electron chi connectivity index (χ3n) is 3.94. The van der Waals surface area contributed by atoms with Crippen LogP contribution >= 0.6 is 0 Å². The molecule has 0 aromatic rings. The molecule has 100 valence electrons. The number of nitrogens with one attached hydrogen (secondary N) is 2. The zero-order chi connectivity index (χ0) is 12.8. The Kier molecular flexibility index (Phi) is 5.92. The van der Waals surface area contributed by atoms with E-state index in [1.165, 1.54) is 0 Å². The molecule has 0 aromatic heterocycles. The molecule has 1 heterocycles. The van der Waals surface area contributed by atoms with E-state index in [-0.39, 0.29) is 23.8 Å². The molecule has 0 radical (unpaired) electrons. The summed E-state index contributed by atoms with van der Waals surface area (Å²) in [5, 5.41) is 16.1. The summed E-state index contributed by atoms with van der Waals surface area (Å²) in [6.07, 6.45) is 2.39. The number of hydrogen-bond donors (Lipinski definition) is 3. The molecular formula is C13H26N2O2. The Balaban J connectivity index is 2.32. The first-order valence-corrected chi connectivity index (χ1v) is 6.79. The normalized spacial score (nSPS) is 26.2. The van der Waals surface area contributed by atoms with Crippen LogP contribution in [0.1, 0.15) is 40.0 Å². The number of carbonyl (C=O) groups excluding carboxylic acids is 1. The summed E-state index contributed by atoms with van der Waals surface area (Å²) >= 11 is 0. The molecule has 0 aromatic carbocycles. The van der Waals surface area contributed by atoms with Crippen molar-refractivity contribution in [2.24, 2.45) is 11.8 Å². The quantitative estimate of drug-likeness (QED) is 0.648. The molecule has 0 saturated carbocycles. The fourth-order valence-corrected chi connectivity index (χ4v) is 2.55. The Morgan fingerprint density at radius 3 is 2.59 bits per heavy atom. The molecule has 1 rings (SSSR count). The molecule has 4 nitrogen and oxygen atoms in total. The van der Waals surface area contributed by atoms with Gasteiger partial charge in [-0.05, 0) is 25.8 Å². The largest absolute Gasteiger partial charge is 0.391 e. The lowest BCUT2D eigenvalue weighted by Crippen LogP contribution is -2.41. The van der Waals surface area contributed by atoms with Gasteiger partial charge >= 0.3 is 0 Å². The van der Waals surface area contributed by atoms with Gasteiger partial charge in [-0.2, -0.15) is 0 Å². The minimum absolute atomic E-state index is 0.0592. The van der Waals surface area contributed by atoms with Gasteiger partial charge in [0.2, 0.25) is 5.91 Å². The number of aliphatic hydroxyl groups is 1. The second-order valence-corrected chi connectivity index (χ2v) is 5.03. The first-order chi connectivity index (χ1) is 8.10. The van der Waals surface area contributed by atoms with Gasteiger partial charge in [0.1, 0.15) is 0 Å². The van der Waals surface area contributed by atoms with Gasteiger partial charge in [-0.15, -0.1) is 0 Å². The Morgan fingerprint density at radius 1 is 1.47 bits per heavy atom. The summed E-state index contributed by atoms with van der Waals surface area (Å²) < 4.78 is 0. The van der Waals surface area contributed by atoms with Gasteiger partial charge in [0.15, 0.2) is 0 Å². The van der Waals surface area contributed by atoms with Crippen molar-refractivity contribution >= 4 is 5.91 Å². The summed E-state index contributed by atoms with van der Waals surface area (Å²) in [4.78, 5) is 11.9. The second kappa shape index (κ2) is 6.97. The minimum Gasteiger partial charge on any atom is -0.391 e. The van der Waals surface area contributed by atoms with Crippen molar-refractivity contribution < 1.29 is 9.90 Å². The minimum atomic E-state index is -0.418. The number of carbonyl (C=O) groups is 1. The topological polar surface area (TPSA) is 61.4 Å². The Hall–Kier alpha value is -0.610. The van der Waals surface area contributed by atoms with Crippen LogP contribution < -0.4 is 10.6 Å². The van der Waals surface area contributed by atoms with E-state index in [4.69, 9.17) is 0 Å². The van der Waals surface area contributed by atoms with Gasteiger partial charge in [0.25, 0.3) is 0 Å². The van der Waals surface area contributed by atoms with Crippen LogP contribution in [-0.2, 0) is 4.79 Å². The van der Waals surface area contributed by atoms with Crippen molar-refractivity contribution in [1.29, 1.82) is 0 Å². The van der Waals surface area contributed by atoms with Gasteiger partial charge < -0.3 is 15.7 Å². The maximum atomic E-state index is 11.9. The van der Waals surface area contributed by atoms with Gasteiger partial charge in [0.05, 0.1) is 12.0 Å². The monoisotopic (exact) mass is 242 g/mol. The molecule has 4 heteroatoms. The van der Waals surface area contributed by atoms with E-state index in [0.717, 1.165) is 25.8 Å². The van der Waals surface area contributed by atoms with Crippen molar-refractivity contribution in [2.45, 2.75) is 52.2 Å². The highest BCUT2D eigenvalue weighted by molar-refractivity contribution is 5.79. The smallest absolute Gasteiger partial charge is 0.224 e. The Labute approximate surface area is 104 Å². The molecule has 1 saturated heterocycles. The summed E-state index contributed by atoms with van der Waals surface area (Å²) in [6, 6.07) is 0.250. The highest BCUT2D eigenvalue weighted by Crippen LogP contribution is 2.16. The molecule has 1 amide bonds. The van der Waals surface area contributed by atoms with Crippen LogP contribution in [0.25, 0.3) is 0 Å². The molecule has 3 atom stereocenters. The predicted molar refractivity (Wildman–Crippen MR) is 68.7 cm³/mol. The van der Waals surface area contributed by atoms with Crippen molar-refractivity contribution in [3.63, 3.8) is 0 Å². The molecule has 1 aliphatic rings. The summed E-state index contributed by atoms with van der Waals surface area (Å²) in [7, 11) is 0. The summed E-state index contributed by atoms with van der Waals surface area (Å²) in [5.74, 6) is 0.422. The fourth-order valence-electron chi connectivity index (χ4n) is 2.55. The van der Waals surface area contributed by atoms with Crippen molar-refractivity contribution in [3.8, 4) is 0 Å². The lowest BCUT2D eigenvalue weighted by molar-refractivity contribution is -0.125. The van der Waals surface area contributed by atoms with E-state index in [1.807, 2.05) is 6.92 Å². The second-order valence-electron chi connectivity index (χ2n) is 5.03. The lowest BCUT2D eigenvalue weighted by Gasteiger charge is -2.22. The molecule has 1 fully saturated rings. The fraction of sp³-hybridized carbons (Fsp3) is 0.923. The lowest BCUT2D eigenvalue weighted by atomic mass is 9.96. The van der Waals surface area contributed by atoms with E-state index in [1.54, 1.807) is 0 Å². The molecule has 0 aliphatic carbocycles. The van der Waals surface area contributed by atoms with Crippen molar-refractivity contribution in [3.05, 3.63) is 0 Å². The van der Waals surface area contributed by atoms with Crippen LogP contribution in [0.15, 0.2) is 0 Å². The standard InChI is InChI=1S/C13H26N2O2/c1-4-10(5-2)12(16)8-15-13(17)11-6-7-14-9(11)3/h9-12,14,16H,4-8H2,1-3H3,(H,15,17). The van der Waals surface area contributed by atoms with E-state index in [0.29, 0.717) is 6.54 Å². The molecule has 3 N–H and O–H groups in total. The van der Waals surface area contributed by atoms with E-state index < -0.39 is 6.10 Å². The first kappa shape index (κ1) is 14.5. The highest BCUT2D eigenvalue weighted by atomic mass is 16.3. The van der Waals surface area contributed by atoms with Crippen molar-refractivity contribution in [2.75, 3.05) is 13.1 Å². The Bertz CT molecular complexity index is 242. The number of rotatable bonds is 6. The van der Waals surface area contributed by atoms with Crippen LogP contribution in [0.2, 0.25) is 0 Å². The van der Waals surface area contributed by atoms with Crippen LogP contribution in [0.5, 0.6) is 0 Å².